The van der Waals surface area contributed by atoms with Gasteiger partial charge in [0.2, 0.25) is 0 Å². The molecule has 0 saturated carbocycles. The van der Waals surface area contributed by atoms with Gasteiger partial charge < -0.3 is 0 Å². The lowest BCUT2D eigenvalue weighted by atomic mass is 9.87. The van der Waals surface area contributed by atoms with Gasteiger partial charge in [0.25, 0.3) is 5.69 Å². The largest absolute Gasteiger partial charge is 0.269 e. The van der Waals surface area contributed by atoms with E-state index in [9.17, 15) is 10.1 Å². The molecule has 30 heavy (non-hydrogen) atoms. The molecule has 0 radical (unpaired) electrons. The number of non-ortho nitro benzene ring substituents is 1. The SMILES string of the molecule is Cc1ccc(-c2ccc(I)c(-c3ccc([N+](=O)[O-])cc3)c2-c2ccc(C)cc2)cc1. The fraction of sp³-hybridized carbons (Fsp3) is 0.0769. The Labute approximate surface area is 189 Å². The highest BCUT2D eigenvalue weighted by molar-refractivity contribution is 14.1. The number of nitro benzene ring substituents is 1. The summed E-state index contributed by atoms with van der Waals surface area (Å²) < 4.78 is 1.10. The maximum atomic E-state index is 11.1. The minimum absolute atomic E-state index is 0.0975. The van der Waals surface area contributed by atoms with E-state index >= 15 is 0 Å². The molecule has 0 aliphatic heterocycles. The van der Waals surface area contributed by atoms with Gasteiger partial charge in [0, 0.05) is 21.3 Å². The van der Waals surface area contributed by atoms with E-state index in [4.69, 9.17) is 0 Å². The highest BCUT2D eigenvalue weighted by Crippen LogP contribution is 2.43. The molecule has 0 saturated heterocycles. The second-order valence-electron chi connectivity index (χ2n) is 7.38. The van der Waals surface area contributed by atoms with E-state index in [1.807, 2.05) is 12.1 Å². The molecule has 0 bridgehead atoms. The van der Waals surface area contributed by atoms with Crippen molar-refractivity contribution in [1.29, 1.82) is 0 Å². The first kappa shape index (κ1) is 20.3. The summed E-state index contributed by atoms with van der Waals surface area (Å²) in [6, 6.07) is 28.2. The van der Waals surface area contributed by atoms with Crippen LogP contribution in [0.25, 0.3) is 33.4 Å². The lowest BCUT2D eigenvalue weighted by molar-refractivity contribution is -0.384. The van der Waals surface area contributed by atoms with E-state index < -0.39 is 0 Å². The predicted molar refractivity (Wildman–Crippen MR) is 132 cm³/mol. The van der Waals surface area contributed by atoms with Gasteiger partial charge in [0.1, 0.15) is 0 Å². The second-order valence-corrected chi connectivity index (χ2v) is 8.54. The van der Waals surface area contributed by atoms with Crippen molar-refractivity contribution in [2.75, 3.05) is 0 Å². The molecule has 0 aromatic heterocycles. The maximum absolute atomic E-state index is 11.1. The maximum Gasteiger partial charge on any atom is 0.269 e. The standard InChI is InChI=1S/C26H20INO2/c1-17-3-7-19(8-4-17)23-15-16-24(27)26(21-11-13-22(14-12-21)28(29)30)25(23)20-9-5-18(2)6-10-20/h3-16H,1-2H3. The van der Waals surface area contributed by atoms with Crippen LogP contribution in [0.5, 0.6) is 0 Å². The van der Waals surface area contributed by atoms with Crippen LogP contribution in [0.15, 0.2) is 84.9 Å². The lowest BCUT2D eigenvalue weighted by Crippen LogP contribution is -1.95. The van der Waals surface area contributed by atoms with E-state index in [-0.39, 0.29) is 10.6 Å². The zero-order valence-corrected chi connectivity index (χ0v) is 18.9. The van der Waals surface area contributed by atoms with Crippen LogP contribution in [0.3, 0.4) is 0 Å². The molecular weight excluding hydrogens is 485 g/mol. The van der Waals surface area contributed by atoms with Crippen LogP contribution in [0.4, 0.5) is 5.69 Å². The Kier molecular flexibility index (Phi) is 5.68. The molecule has 0 aliphatic rings. The van der Waals surface area contributed by atoms with E-state index in [2.05, 4.69) is 97.1 Å². The zero-order valence-electron chi connectivity index (χ0n) is 16.7. The molecule has 0 unspecified atom stereocenters. The molecule has 4 heteroatoms. The van der Waals surface area contributed by atoms with Crippen molar-refractivity contribution in [3.8, 4) is 33.4 Å². The number of hydrogen-bond donors (Lipinski definition) is 0. The Bertz CT molecular complexity index is 1210. The molecule has 148 valence electrons. The zero-order chi connectivity index (χ0) is 21.3. The molecule has 4 aromatic carbocycles. The van der Waals surface area contributed by atoms with Gasteiger partial charge in [-0.1, -0.05) is 65.7 Å². The molecule has 0 heterocycles. The number of nitro groups is 1. The normalized spacial score (nSPS) is 10.8. The van der Waals surface area contributed by atoms with E-state index in [0.717, 1.165) is 37.0 Å². The predicted octanol–water partition coefficient (Wildman–Crippen LogP) is 7.82. The Morgan fingerprint density at radius 3 is 1.63 bits per heavy atom. The number of rotatable bonds is 4. The van der Waals surface area contributed by atoms with Gasteiger partial charge >= 0.3 is 0 Å². The Morgan fingerprint density at radius 1 is 0.633 bits per heavy atom. The van der Waals surface area contributed by atoms with Crippen molar-refractivity contribution in [3.05, 3.63) is 110 Å². The molecule has 4 rings (SSSR count). The van der Waals surface area contributed by atoms with Crippen molar-refractivity contribution in [3.63, 3.8) is 0 Å². The highest BCUT2D eigenvalue weighted by Gasteiger charge is 2.18. The van der Waals surface area contributed by atoms with Crippen LogP contribution in [0.1, 0.15) is 11.1 Å². The van der Waals surface area contributed by atoms with Crippen molar-refractivity contribution in [2.24, 2.45) is 0 Å². The summed E-state index contributed by atoms with van der Waals surface area (Å²) in [6.07, 6.45) is 0. The first-order chi connectivity index (χ1) is 14.4. The van der Waals surface area contributed by atoms with Crippen LogP contribution >= 0.6 is 22.6 Å². The molecule has 0 N–H and O–H groups in total. The van der Waals surface area contributed by atoms with Gasteiger partial charge in [0.05, 0.1) is 4.92 Å². The third-order valence-corrected chi connectivity index (χ3v) is 6.12. The second kappa shape index (κ2) is 8.40. The third-order valence-electron chi connectivity index (χ3n) is 5.22. The summed E-state index contributed by atoms with van der Waals surface area (Å²) in [7, 11) is 0. The van der Waals surface area contributed by atoms with Gasteiger partial charge in [-0.2, -0.15) is 0 Å². The van der Waals surface area contributed by atoms with Gasteiger partial charge in [-0.25, -0.2) is 0 Å². The first-order valence-corrected chi connectivity index (χ1v) is 10.7. The number of hydrogen-bond acceptors (Lipinski definition) is 2. The molecular formula is C26H20INO2. The van der Waals surface area contributed by atoms with Crippen LogP contribution in [-0.2, 0) is 0 Å². The monoisotopic (exact) mass is 505 g/mol. The summed E-state index contributed by atoms with van der Waals surface area (Å²) >= 11 is 2.35. The minimum Gasteiger partial charge on any atom is -0.258 e. The van der Waals surface area contributed by atoms with Gasteiger partial charge in [-0.05, 0) is 82.5 Å². The van der Waals surface area contributed by atoms with Crippen molar-refractivity contribution >= 4 is 28.3 Å². The van der Waals surface area contributed by atoms with Gasteiger partial charge in [-0.15, -0.1) is 0 Å². The highest BCUT2D eigenvalue weighted by atomic mass is 127. The van der Waals surface area contributed by atoms with E-state index in [0.29, 0.717) is 0 Å². The van der Waals surface area contributed by atoms with Crippen molar-refractivity contribution in [1.82, 2.24) is 0 Å². The Balaban J connectivity index is 2.01. The third kappa shape index (κ3) is 4.00. The molecule has 0 atom stereocenters. The minimum atomic E-state index is -0.363. The number of nitrogens with zero attached hydrogens (tertiary/aromatic N) is 1. The number of aryl methyl sites for hydroxylation is 2. The topological polar surface area (TPSA) is 43.1 Å². The first-order valence-electron chi connectivity index (χ1n) is 9.65. The summed E-state index contributed by atoms with van der Waals surface area (Å²) in [5.74, 6) is 0. The van der Waals surface area contributed by atoms with Crippen LogP contribution in [0.2, 0.25) is 0 Å². The van der Waals surface area contributed by atoms with E-state index in [1.54, 1.807) is 12.1 Å². The van der Waals surface area contributed by atoms with Gasteiger partial charge in [0.15, 0.2) is 0 Å². The summed E-state index contributed by atoms with van der Waals surface area (Å²) in [5, 5.41) is 11.1. The fourth-order valence-corrected chi connectivity index (χ4v) is 4.36. The van der Waals surface area contributed by atoms with Gasteiger partial charge in [-0.3, -0.25) is 10.1 Å². The number of benzene rings is 4. The number of halogens is 1. The quantitative estimate of drug-likeness (QED) is 0.161. The smallest absolute Gasteiger partial charge is 0.258 e. The molecule has 0 aliphatic carbocycles. The molecule has 3 nitrogen and oxygen atoms in total. The Hall–Kier alpha value is -2.99. The average molecular weight is 505 g/mol. The Morgan fingerprint density at radius 2 is 1.10 bits per heavy atom. The van der Waals surface area contributed by atoms with Crippen LogP contribution in [0, 0.1) is 27.5 Å². The fourth-order valence-electron chi connectivity index (χ4n) is 3.60. The van der Waals surface area contributed by atoms with Crippen molar-refractivity contribution in [2.45, 2.75) is 13.8 Å². The molecule has 4 aromatic rings. The summed E-state index contributed by atoms with van der Waals surface area (Å²) in [6.45, 7) is 4.16. The lowest BCUT2D eigenvalue weighted by Gasteiger charge is -2.18. The van der Waals surface area contributed by atoms with Crippen LogP contribution in [-0.4, -0.2) is 4.92 Å². The average Bonchev–Trinajstić information content (AvgIpc) is 2.75. The molecule has 0 fully saturated rings. The molecule has 0 amide bonds. The summed E-state index contributed by atoms with van der Waals surface area (Å²) in [4.78, 5) is 10.7. The van der Waals surface area contributed by atoms with Crippen molar-refractivity contribution < 1.29 is 4.92 Å². The van der Waals surface area contributed by atoms with Crippen LogP contribution < -0.4 is 0 Å². The molecule has 0 spiro atoms. The summed E-state index contributed by atoms with van der Waals surface area (Å²) in [5.41, 5.74) is 9.14. The van der Waals surface area contributed by atoms with E-state index in [1.165, 1.54) is 11.1 Å².